The number of nitrogens with zero attached hydrogens (tertiary/aromatic N) is 4. The summed E-state index contributed by atoms with van der Waals surface area (Å²) in [6, 6.07) is 0. The van der Waals surface area contributed by atoms with Gasteiger partial charge in [0.2, 0.25) is 16.9 Å². The lowest BCUT2D eigenvalue weighted by atomic mass is 9.87. The maximum atomic E-state index is 12.7. The van der Waals surface area contributed by atoms with Gasteiger partial charge in [0.05, 0.1) is 19.5 Å². The average Bonchev–Trinajstić information content (AvgIpc) is 3.69. The lowest BCUT2D eigenvalue weighted by Crippen LogP contribution is -2.46. The molecule has 0 bridgehead atoms. The van der Waals surface area contributed by atoms with Crippen LogP contribution in [-0.4, -0.2) is 123 Å². The Hall–Kier alpha value is -2.70. The van der Waals surface area contributed by atoms with Crippen molar-refractivity contribution in [1.29, 1.82) is 0 Å². The minimum Gasteiger partial charge on any atom is -0.386 e. The molecule has 1 saturated heterocycles. The molecule has 0 saturated carbocycles. The summed E-state index contributed by atoms with van der Waals surface area (Å²) < 4.78 is 62.2. The first kappa shape index (κ1) is 49.7. The van der Waals surface area contributed by atoms with Crippen molar-refractivity contribution in [3.63, 3.8) is 0 Å². The van der Waals surface area contributed by atoms with Gasteiger partial charge in [0, 0.05) is 30.7 Å². The van der Waals surface area contributed by atoms with Crippen LogP contribution < -0.4 is 16.4 Å². The number of thioether (sulfide) groups is 1. The smallest absolute Gasteiger partial charge is 0.386 e. The number of nitrogens with two attached hydrogens (primary N) is 1. The number of unbranched alkanes of at least 4 members (excludes halogenated alkanes) is 4. The molecule has 0 spiro atoms. The van der Waals surface area contributed by atoms with Gasteiger partial charge in [-0.3, -0.25) is 32.5 Å². The van der Waals surface area contributed by atoms with Crippen LogP contribution in [0.15, 0.2) is 24.8 Å². The molecule has 10 N–H and O–H groups in total. The number of aliphatic hydroxyl groups excluding tert-OH is 2. The van der Waals surface area contributed by atoms with Gasteiger partial charge >= 0.3 is 23.5 Å². The van der Waals surface area contributed by atoms with Gasteiger partial charge in [-0.05, 0) is 18.9 Å². The number of aliphatic hydroxyl groups is 2. The number of phosphoric ester groups is 3. The molecule has 0 aromatic carbocycles. The number of carbonyl (C=O) groups excluding carboxylic acids is 3. The third-order valence-electron chi connectivity index (χ3n) is 8.22. The molecule has 7 atom stereocenters. The van der Waals surface area contributed by atoms with Crippen molar-refractivity contribution < 1.29 is 80.5 Å². The van der Waals surface area contributed by atoms with Crippen LogP contribution in [0.25, 0.3) is 11.2 Å². The summed E-state index contributed by atoms with van der Waals surface area (Å²) in [5.74, 6) is -1.11. The van der Waals surface area contributed by atoms with Gasteiger partial charge < -0.3 is 50.9 Å². The second-order valence-electron chi connectivity index (χ2n) is 13.5. The highest BCUT2D eigenvalue weighted by molar-refractivity contribution is 8.14. The zero-order chi connectivity index (χ0) is 43.3. The molecule has 2 aromatic rings. The van der Waals surface area contributed by atoms with E-state index >= 15 is 0 Å². The van der Waals surface area contributed by atoms with Gasteiger partial charge in [0.15, 0.2) is 17.7 Å². The summed E-state index contributed by atoms with van der Waals surface area (Å²) in [5, 5.41) is 26.3. The summed E-state index contributed by atoms with van der Waals surface area (Å²) in [6.07, 6.45) is 1.68. The molecule has 2 unspecified atom stereocenters. The number of carbonyl (C=O) groups is 3. The molecule has 1 fully saturated rings. The molecule has 328 valence electrons. The van der Waals surface area contributed by atoms with Gasteiger partial charge in [-0.2, -0.15) is 4.31 Å². The highest BCUT2D eigenvalue weighted by Gasteiger charge is 2.50. The lowest BCUT2D eigenvalue weighted by Gasteiger charge is -2.30. The monoisotopic (exact) mass is 905 g/mol. The number of amides is 2. The fourth-order valence-corrected chi connectivity index (χ4v) is 8.63. The first-order valence-corrected chi connectivity index (χ1v) is 23.3. The third kappa shape index (κ3) is 16.1. The number of aromatic nitrogens is 4. The first-order chi connectivity index (χ1) is 27.1. The molecular weight excluding hydrogens is 855 g/mol. The maximum absolute atomic E-state index is 12.7. The minimum atomic E-state index is -5.57. The van der Waals surface area contributed by atoms with E-state index < -0.39 is 84.6 Å². The summed E-state index contributed by atoms with van der Waals surface area (Å²) in [5.41, 5.74) is 4.27. The molecule has 3 heterocycles. The third-order valence-corrected chi connectivity index (χ3v) is 12.2. The number of anilines is 1. The quantitative estimate of drug-likeness (QED) is 0.0384. The summed E-state index contributed by atoms with van der Waals surface area (Å²) in [4.78, 5) is 87.6. The van der Waals surface area contributed by atoms with E-state index in [0.29, 0.717) is 5.75 Å². The molecule has 0 aliphatic carbocycles. The van der Waals surface area contributed by atoms with Crippen molar-refractivity contribution >= 4 is 69.1 Å². The highest BCUT2D eigenvalue weighted by atomic mass is 32.2. The molecular formula is C30H50N7O17P3S. The van der Waals surface area contributed by atoms with Gasteiger partial charge in [0.1, 0.15) is 36.3 Å². The maximum Gasteiger partial charge on any atom is 0.481 e. The molecule has 2 amide bonds. The summed E-state index contributed by atoms with van der Waals surface area (Å²) in [6.45, 7) is 2.62. The fourth-order valence-electron chi connectivity index (χ4n) is 5.20. The van der Waals surface area contributed by atoms with E-state index in [9.17, 15) is 57.9 Å². The topological polar surface area (TPSA) is 364 Å². The van der Waals surface area contributed by atoms with Crippen LogP contribution in [0.1, 0.15) is 65.5 Å². The number of hydrogen-bond donors (Lipinski definition) is 9. The number of nitrogen functional groups attached to an aromatic ring is 1. The first-order valence-electron chi connectivity index (χ1n) is 17.8. The largest absolute Gasteiger partial charge is 0.481 e. The van der Waals surface area contributed by atoms with Crippen molar-refractivity contribution in [2.45, 2.75) is 89.9 Å². The number of imidazole rings is 1. The number of phosphoric acid groups is 3. The van der Waals surface area contributed by atoms with Crippen LogP contribution in [0.2, 0.25) is 0 Å². The molecule has 2 aromatic heterocycles. The zero-order valence-electron chi connectivity index (χ0n) is 31.8. The van der Waals surface area contributed by atoms with Crippen LogP contribution >= 0.6 is 35.2 Å². The Balaban J connectivity index is 1.44. The highest BCUT2D eigenvalue weighted by Crippen LogP contribution is 2.61. The molecule has 28 heteroatoms. The van der Waals surface area contributed by atoms with Crippen LogP contribution in [0.5, 0.6) is 0 Å². The van der Waals surface area contributed by atoms with Gasteiger partial charge in [-0.25, -0.2) is 28.6 Å². The lowest BCUT2D eigenvalue weighted by molar-refractivity contribution is -0.137. The summed E-state index contributed by atoms with van der Waals surface area (Å²) in [7, 11) is -16.4. The zero-order valence-corrected chi connectivity index (χ0v) is 35.3. The van der Waals surface area contributed by atoms with E-state index in [2.05, 4.69) is 41.3 Å². The predicted molar refractivity (Wildman–Crippen MR) is 205 cm³/mol. The molecule has 1 aliphatic heterocycles. The van der Waals surface area contributed by atoms with Crippen molar-refractivity contribution in [2.24, 2.45) is 5.41 Å². The van der Waals surface area contributed by atoms with E-state index in [4.69, 9.17) is 19.5 Å². The Bertz CT molecular complexity index is 1880. The van der Waals surface area contributed by atoms with Crippen LogP contribution in [0.4, 0.5) is 5.82 Å². The normalized spacial score (nSPS) is 21.5. The minimum absolute atomic E-state index is 0.0312. The molecule has 3 rings (SSSR count). The number of rotatable bonds is 25. The second-order valence-corrected chi connectivity index (χ2v) is 18.8. The Labute approximate surface area is 337 Å². The Kier molecular flexibility index (Phi) is 19.0. The van der Waals surface area contributed by atoms with Crippen LogP contribution in [-0.2, 0) is 50.7 Å². The van der Waals surface area contributed by atoms with Crippen LogP contribution in [0, 0.1) is 5.41 Å². The number of nitrogens with one attached hydrogen (secondary N) is 2. The average molecular weight is 906 g/mol. The number of fused-ring (bicyclic) bond motifs is 1. The number of ether oxygens (including phenoxy) is 1. The number of hydrogen-bond acceptors (Lipinski definition) is 18. The Morgan fingerprint density at radius 2 is 1.76 bits per heavy atom. The van der Waals surface area contributed by atoms with Crippen molar-refractivity contribution in [3.8, 4) is 0 Å². The van der Waals surface area contributed by atoms with Crippen molar-refractivity contribution in [3.05, 3.63) is 24.8 Å². The van der Waals surface area contributed by atoms with E-state index in [1.807, 2.05) is 6.08 Å². The predicted octanol–water partition coefficient (Wildman–Crippen LogP) is 1.19. The van der Waals surface area contributed by atoms with Gasteiger partial charge in [-0.1, -0.05) is 57.9 Å². The SMILES string of the molecule is CCCCCC/C=C/C(=O)SCCNC(=O)CCNC(=O)[C@H](O)C(C)(C)COP(=O)(O)OP(=O)(O)OC[C@H]1O[C@@H](n2cnc3c(N)ncnc32)[C@H](O)[C@@H]1OP(=O)(O)O. The van der Waals surface area contributed by atoms with E-state index in [-0.39, 0.29) is 41.6 Å². The van der Waals surface area contributed by atoms with Gasteiger partial charge in [-0.15, -0.1) is 0 Å². The van der Waals surface area contributed by atoms with E-state index in [0.717, 1.165) is 61.1 Å². The van der Waals surface area contributed by atoms with Crippen LogP contribution in [0.3, 0.4) is 0 Å². The van der Waals surface area contributed by atoms with Gasteiger partial charge in [0.25, 0.3) is 0 Å². The number of allylic oxidation sites excluding steroid dienone is 1. The second kappa shape index (κ2) is 22.2. The Morgan fingerprint density at radius 1 is 1.05 bits per heavy atom. The molecule has 58 heavy (non-hydrogen) atoms. The van der Waals surface area contributed by atoms with Crippen molar-refractivity contribution in [1.82, 2.24) is 30.2 Å². The van der Waals surface area contributed by atoms with Crippen molar-refractivity contribution in [2.75, 3.05) is 37.8 Å². The summed E-state index contributed by atoms with van der Waals surface area (Å²) >= 11 is 1.05. The van der Waals surface area contributed by atoms with E-state index in [1.165, 1.54) is 19.9 Å². The molecule has 24 nitrogen and oxygen atoms in total. The standard InChI is InChI=1S/C30H50N7O17P3S/c1-4-5-6-7-8-9-10-21(39)58-14-13-32-20(38)11-12-33-28(42)25(41)30(2,3)16-51-57(48,49)54-56(46,47)50-15-19-24(53-55(43,44)45)23(40)29(52-19)37-18-36-22-26(31)34-17-35-27(22)37/h9-10,17-19,23-25,29,40-41H,4-8,11-16H2,1-3H3,(H,32,38)(H,33,42)(H,46,47)(H,48,49)(H2,31,34,35)(H2,43,44,45)/b10-9+/t19-,23-,24-,25+,29-/m1/s1. The molecule has 0 radical (unpaired) electrons. The fraction of sp³-hybridized carbons (Fsp3) is 0.667. The Morgan fingerprint density at radius 3 is 2.45 bits per heavy atom. The molecule has 1 aliphatic rings. The van der Waals surface area contributed by atoms with E-state index in [1.54, 1.807) is 0 Å².